The number of para-hydroxylation sites is 1. The smallest absolute Gasteiger partial charge is 0.266 e. The third-order valence-corrected chi connectivity index (χ3v) is 7.84. The molecule has 158 valence electrons. The molecule has 0 unspecified atom stereocenters. The first-order valence-electron chi connectivity index (χ1n) is 10.4. The van der Waals surface area contributed by atoms with Gasteiger partial charge >= 0.3 is 0 Å². The molecule has 0 radical (unpaired) electrons. The molecule has 1 aromatic carbocycles. The fourth-order valence-corrected chi connectivity index (χ4v) is 5.62. The Morgan fingerprint density at radius 1 is 1.03 bits per heavy atom. The van der Waals surface area contributed by atoms with E-state index >= 15 is 0 Å². The second kappa shape index (κ2) is 7.63. The molecule has 5 rings (SSSR count). The van der Waals surface area contributed by atoms with Crippen molar-refractivity contribution >= 4 is 21.0 Å². The monoisotopic (exact) mass is 428 g/mol. The van der Waals surface area contributed by atoms with Crippen molar-refractivity contribution in [2.75, 3.05) is 13.1 Å². The van der Waals surface area contributed by atoms with Crippen LogP contribution in [0.3, 0.4) is 0 Å². The zero-order valence-corrected chi connectivity index (χ0v) is 17.4. The van der Waals surface area contributed by atoms with Crippen LogP contribution < -0.4 is 5.56 Å². The second-order valence-corrected chi connectivity index (χ2v) is 10.2. The van der Waals surface area contributed by atoms with Crippen molar-refractivity contribution in [3.63, 3.8) is 0 Å². The molecule has 3 aromatic rings. The van der Waals surface area contributed by atoms with Crippen molar-refractivity contribution in [1.82, 2.24) is 19.2 Å². The largest absolute Gasteiger partial charge is 0.356 e. The van der Waals surface area contributed by atoms with E-state index in [1.807, 2.05) is 24.3 Å². The van der Waals surface area contributed by atoms with Crippen molar-refractivity contribution in [3.05, 3.63) is 58.1 Å². The van der Waals surface area contributed by atoms with Gasteiger partial charge in [0.25, 0.3) is 5.56 Å². The molecule has 1 saturated carbocycles. The van der Waals surface area contributed by atoms with Crippen molar-refractivity contribution in [2.45, 2.75) is 43.9 Å². The van der Waals surface area contributed by atoms with Gasteiger partial charge in [0.1, 0.15) is 11.4 Å². The molecule has 2 aromatic heterocycles. The Morgan fingerprint density at radius 3 is 2.57 bits per heavy atom. The summed E-state index contributed by atoms with van der Waals surface area (Å²) in [7, 11) is -3.49. The molecule has 9 heteroatoms. The molecule has 0 spiro atoms. The third-order valence-electron chi connectivity index (χ3n) is 6.05. The van der Waals surface area contributed by atoms with Crippen LogP contribution in [0.15, 0.2) is 45.7 Å². The summed E-state index contributed by atoms with van der Waals surface area (Å²) in [6, 6.07) is 10.7. The second-order valence-electron chi connectivity index (χ2n) is 8.28. The highest BCUT2D eigenvalue weighted by molar-refractivity contribution is 7.88. The standard InChI is InChI=1S/C21H24N4O4S/c26-21-8-7-18(16-5-6-16)22-25(21)13-15-9-11-24(12-10-15)30(27,28)14-19-17-3-1-2-4-20(17)29-23-19/h1-4,7-8,15-16H,5-6,9-14H2. The Bertz CT molecular complexity index is 1220. The summed E-state index contributed by atoms with van der Waals surface area (Å²) in [5.41, 5.74) is 1.94. The number of fused-ring (bicyclic) bond motifs is 1. The highest BCUT2D eigenvalue weighted by Gasteiger charge is 2.30. The molecule has 0 N–H and O–H groups in total. The van der Waals surface area contributed by atoms with Gasteiger partial charge in [-0.05, 0) is 49.8 Å². The van der Waals surface area contributed by atoms with Gasteiger partial charge in [-0.15, -0.1) is 0 Å². The lowest BCUT2D eigenvalue weighted by Crippen LogP contribution is -2.40. The maximum Gasteiger partial charge on any atom is 0.266 e. The molecule has 0 atom stereocenters. The summed E-state index contributed by atoms with van der Waals surface area (Å²) in [5.74, 6) is 0.569. The molecule has 2 aliphatic rings. The van der Waals surface area contributed by atoms with Crippen LogP contribution in [0.2, 0.25) is 0 Å². The van der Waals surface area contributed by atoms with Crippen LogP contribution in [-0.2, 0) is 22.3 Å². The van der Waals surface area contributed by atoms with E-state index in [-0.39, 0.29) is 17.2 Å². The first-order valence-corrected chi connectivity index (χ1v) is 12.0. The van der Waals surface area contributed by atoms with Gasteiger partial charge in [-0.2, -0.15) is 5.10 Å². The van der Waals surface area contributed by atoms with Gasteiger partial charge < -0.3 is 4.52 Å². The molecule has 30 heavy (non-hydrogen) atoms. The number of rotatable bonds is 6. The number of hydrogen-bond acceptors (Lipinski definition) is 6. The minimum absolute atomic E-state index is 0.0904. The summed E-state index contributed by atoms with van der Waals surface area (Å²) >= 11 is 0. The molecule has 1 aliphatic heterocycles. The summed E-state index contributed by atoms with van der Waals surface area (Å²) in [6.07, 6.45) is 3.70. The van der Waals surface area contributed by atoms with Crippen LogP contribution in [0.25, 0.3) is 11.0 Å². The van der Waals surface area contributed by atoms with Gasteiger partial charge in [-0.1, -0.05) is 17.3 Å². The van der Waals surface area contributed by atoms with E-state index in [0.29, 0.717) is 49.7 Å². The Balaban J connectivity index is 1.23. The maximum absolute atomic E-state index is 12.9. The quantitative estimate of drug-likeness (QED) is 0.598. The predicted molar refractivity (Wildman–Crippen MR) is 111 cm³/mol. The molecule has 0 bridgehead atoms. The molecular weight excluding hydrogens is 404 g/mol. The lowest BCUT2D eigenvalue weighted by atomic mass is 9.98. The molecular formula is C21H24N4O4S. The summed E-state index contributed by atoms with van der Waals surface area (Å²) in [6.45, 7) is 1.43. The summed E-state index contributed by atoms with van der Waals surface area (Å²) in [5, 5.41) is 9.22. The maximum atomic E-state index is 12.9. The fourth-order valence-electron chi connectivity index (χ4n) is 4.11. The Kier molecular flexibility index (Phi) is 4.94. The minimum atomic E-state index is -3.49. The van der Waals surface area contributed by atoms with Crippen LogP contribution in [-0.4, -0.2) is 40.7 Å². The van der Waals surface area contributed by atoms with Crippen molar-refractivity contribution < 1.29 is 12.9 Å². The van der Waals surface area contributed by atoms with Gasteiger partial charge in [0.15, 0.2) is 5.58 Å². The van der Waals surface area contributed by atoms with E-state index in [1.54, 1.807) is 16.8 Å². The molecule has 3 heterocycles. The van der Waals surface area contributed by atoms with Crippen molar-refractivity contribution in [1.29, 1.82) is 0 Å². The normalized spacial score (nSPS) is 18.8. The first kappa shape index (κ1) is 19.4. The van der Waals surface area contributed by atoms with Gasteiger partial charge in [0, 0.05) is 37.0 Å². The summed E-state index contributed by atoms with van der Waals surface area (Å²) < 4.78 is 34.2. The van der Waals surface area contributed by atoms with Crippen molar-refractivity contribution in [2.24, 2.45) is 5.92 Å². The average Bonchev–Trinajstić information content (AvgIpc) is 3.52. The van der Waals surface area contributed by atoms with E-state index in [1.165, 1.54) is 4.31 Å². The first-order chi connectivity index (χ1) is 14.5. The van der Waals surface area contributed by atoms with Gasteiger partial charge in [-0.3, -0.25) is 4.79 Å². The van der Waals surface area contributed by atoms with Crippen molar-refractivity contribution in [3.8, 4) is 0 Å². The predicted octanol–water partition coefficient (Wildman–Crippen LogP) is 2.50. The van der Waals surface area contributed by atoms with Crippen LogP contribution in [0.1, 0.15) is 43.0 Å². The van der Waals surface area contributed by atoms with Gasteiger partial charge in [0.05, 0.1) is 5.69 Å². The van der Waals surface area contributed by atoms with E-state index < -0.39 is 10.0 Å². The third kappa shape index (κ3) is 3.91. The Morgan fingerprint density at radius 2 is 1.80 bits per heavy atom. The molecule has 2 fully saturated rings. The van der Waals surface area contributed by atoms with Crippen LogP contribution in [0.4, 0.5) is 0 Å². The highest BCUT2D eigenvalue weighted by Crippen LogP contribution is 2.38. The SMILES string of the molecule is O=c1ccc(C2CC2)nn1CC1CCN(S(=O)(=O)Cc2noc3ccccc23)CC1. The van der Waals surface area contributed by atoms with Gasteiger partial charge in [0.2, 0.25) is 10.0 Å². The zero-order valence-electron chi connectivity index (χ0n) is 16.6. The number of benzene rings is 1. The number of aromatic nitrogens is 3. The highest BCUT2D eigenvalue weighted by atomic mass is 32.2. The molecule has 1 aliphatic carbocycles. The Labute approximate surface area is 174 Å². The van der Waals surface area contributed by atoms with E-state index in [2.05, 4.69) is 10.3 Å². The number of nitrogens with zero attached hydrogens (tertiary/aromatic N) is 4. The van der Waals surface area contributed by atoms with Crippen LogP contribution >= 0.6 is 0 Å². The lowest BCUT2D eigenvalue weighted by Gasteiger charge is -2.31. The number of hydrogen-bond donors (Lipinski definition) is 0. The zero-order chi connectivity index (χ0) is 20.7. The van der Waals surface area contributed by atoms with E-state index in [0.717, 1.165) is 23.9 Å². The van der Waals surface area contributed by atoms with Crippen LogP contribution in [0.5, 0.6) is 0 Å². The topological polar surface area (TPSA) is 98.3 Å². The average molecular weight is 429 g/mol. The molecule has 1 saturated heterocycles. The van der Waals surface area contributed by atoms with Gasteiger partial charge in [-0.25, -0.2) is 17.4 Å². The lowest BCUT2D eigenvalue weighted by molar-refractivity contribution is 0.243. The van der Waals surface area contributed by atoms with E-state index in [9.17, 15) is 13.2 Å². The molecule has 0 amide bonds. The minimum Gasteiger partial charge on any atom is -0.356 e. The summed E-state index contributed by atoms with van der Waals surface area (Å²) in [4.78, 5) is 12.2. The Hall–Kier alpha value is -2.52. The molecule has 8 nitrogen and oxygen atoms in total. The van der Waals surface area contributed by atoms with E-state index in [4.69, 9.17) is 4.52 Å². The number of piperidine rings is 1. The van der Waals surface area contributed by atoms with Crippen LogP contribution in [0, 0.1) is 5.92 Å². The number of sulfonamides is 1. The fraction of sp³-hybridized carbons (Fsp3) is 0.476.